The Bertz CT molecular complexity index is 3480. The van der Waals surface area contributed by atoms with Gasteiger partial charge in [0.05, 0.1) is 95.9 Å². The lowest BCUT2D eigenvalue weighted by Gasteiger charge is -2.50. The summed E-state index contributed by atoms with van der Waals surface area (Å²) < 4.78 is 69.7. The zero-order valence-corrected chi connectivity index (χ0v) is 68.1. The summed E-state index contributed by atoms with van der Waals surface area (Å²) in [5, 5.41) is 371. The fraction of sp³-hybridized carbons (Fsp3) is 0.884. The van der Waals surface area contributed by atoms with Gasteiger partial charge < -0.3 is 271 Å². The molecular formula is C69H117N3O57. The molecule has 750 valence electrons. The minimum absolute atomic E-state index is 0.122. The molecule has 0 saturated carbocycles. The zero-order valence-electron chi connectivity index (χ0n) is 68.1. The Morgan fingerprint density at radius 2 is 0.690 bits per heavy atom. The first kappa shape index (κ1) is 114. The molecule has 0 aromatic carbocycles. The Hall–Kier alpha value is -5.68. The van der Waals surface area contributed by atoms with E-state index in [-0.39, 0.29) is 12.6 Å². The first-order chi connectivity index (χ1) is 60.2. The second-order valence-corrected chi connectivity index (χ2v) is 30.8. The van der Waals surface area contributed by atoms with Gasteiger partial charge in [-0.15, -0.1) is 0 Å². The van der Waals surface area contributed by atoms with Crippen molar-refractivity contribution in [3.8, 4) is 0 Å². The van der Waals surface area contributed by atoms with E-state index in [9.17, 15) is 222 Å². The first-order valence-corrected chi connectivity index (χ1v) is 39.2. The van der Waals surface area contributed by atoms with Crippen LogP contribution in [0.3, 0.4) is 0 Å². The van der Waals surface area contributed by atoms with E-state index < -0.39 is 395 Å². The van der Waals surface area contributed by atoms with Crippen LogP contribution in [0.15, 0.2) is 0 Å². The van der Waals surface area contributed by atoms with E-state index in [4.69, 9.17) is 61.6 Å². The lowest BCUT2D eigenvalue weighted by Crippen LogP contribution is -2.70. The molecule has 0 aromatic rings. The van der Waals surface area contributed by atoms with E-state index >= 15 is 0 Å². The van der Waals surface area contributed by atoms with Crippen molar-refractivity contribution in [2.75, 3.05) is 59.5 Å². The molecule has 0 aromatic heterocycles. The van der Waals surface area contributed by atoms with E-state index in [1.807, 2.05) is 0 Å². The van der Waals surface area contributed by atoms with Gasteiger partial charge in [-0.05, 0) is 0 Å². The quantitative estimate of drug-likeness (QED) is 0.0253. The zero-order chi connectivity index (χ0) is 98.0. The maximum atomic E-state index is 12.5. The van der Waals surface area contributed by atoms with Crippen LogP contribution in [0, 0.1) is 0 Å². The van der Waals surface area contributed by atoms with Crippen LogP contribution in [0.5, 0.6) is 0 Å². The predicted octanol–water partition coefficient (Wildman–Crippen LogP) is -25.0. The molecule has 0 radical (unpaired) electrons. The van der Waals surface area contributed by atoms with Crippen LogP contribution in [-0.2, 0) is 99.9 Å². The number of aliphatic carboxylic acids is 3. The summed E-state index contributed by atoms with van der Waals surface area (Å²) in [5.41, 5.74) is 0. The number of carboxylic acids is 3. The molecule has 60 heteroatoms. The van der Waals surface area contributed by atoms with Crippen molar-refractivity contribution in [3.63, 3.8) is 0 Å². The summed E-state index contributed by atoms with van der Waals surface area (Å²) in [6.45, 7) is -6.12. The largest absolute Gasteiger partial charge is 0.477 e. The van der Waals surface area contributed by atoms with E-state index in [1.54, 1.807) is 0 Å². The number of carbonyl (C=O) groups excluding carboxylic acids is 5. The summed E-state index contributed by atoms with van der Waals surface area (Å²) >= 11 is 0. The number of hydrogen-bond acceptors (Lipinski definition) is 54. The second-order valence-electron chi connectivity index (χ2n) is 30.8. The lowest BCUT2D eigenvalue weighted by atomic mass is 9.88. The molecule has 7 fully saturated rings. The molecule has 0 spiro atoms. The Morgan fingerprint density at radius 3 is 1.02 bits per heavy atom. The molecule has 7 aliphatic rings. The number of aliphatic hydroxyl groups is 33. The smallest absolute Gasteiger partial charge is 0.364 e. The van der Waals surface area contributed by atoms with E-state index in [1.165, 1.54) is 0 Å². The van der Waals surface area contributed by atoms with Crippen LogP contribution in [0.25, 0.3) is 0 Å². The standard InChI is InChI=1S/3C23H39NO19/c1-6(28)24-11-7(29)2-23(22(37)38,42-18(11)12(31)8(30)3-25)43-19-13(32)9(4-26)40-21(16(19)35)41-17-10(5-27)39-20(36)15(34)14(17)33;1-7(29)24-13-8(30)2-23(22(38)39,42-19(13)15(35)10(32)4-26)43-20-16(36)12(6-28)40-21(17(20)37)41-18(11(33)5-27)14(34)9(31)3-25;1-7(28)24-13-8(29)2-23(22(38)39,43-20(13)15(34)10(31)4-26)40-6-12-16(35)17(36)18(37)21(41-12)42-19(11(32)5-27)14(33)9(30)3-25/h7-21,25-27,29-36H,2-5H2,1H3,(H,24,28)(H,37,38);3,8-21,26-28,30-37H,2,4-6H2,1H3,(H,24,29)(H,38,39);3,8-21,26-27,29-37H,2,4-6H2,1H3,(H,24,28)(H,38,39)/t7-,8-,9?,10?,11-,12-,13+,14-,15?,16?,17-,18?,19+,20?,21+,23+;8-,9-,10+,11+,12+,13+,14+,15+,16-,17+,18+,19+,20-,21-,23-;8-,9-,10+,11+,12+,13+,14+,15+,16-,17-,18+,19+,20+,21-,23+/m100/s1. The van der Waals surface area contributed by atoms with Crippen molar-refractivity contribution in [3.05, 3.63) is 0 Å². The van der Waals surface area contributed by atoms with Crippen molar-refractivity contribution in [2.24, 2.45) is 0 Å². The van der Waals surface area contributed by atoms with Gasteiger partial charge in [-0.1, -0.05) is 0 Å². The minimum Gasteiger partial charge on any atom is -0.477 e. The van der Waals surface area contributed by atoms with Crippen LogP contribution in [-0.4, -0.2) is 572 Å². The van der Waals surface area contributed by atoms with Gasteiger partial charge in [0.25, 0.3) is 17.4 Å². The maximum absolute atomic E-state index is 12.5. The van der Waals surface area contributed by atoms with Gasteiger partial charge in [-0.3, -0.25) is 14.4 Å². The van der Waals surface area contributed by atoms with Gasteiger partial charge in [0.15, 0.2) is 37.7 Å². The molecule has 129 heavy (non-hydrogen) atoms. The molecule has 0 aliphatic carbocycles. The van der Waals surface area contributed by atoms with Crippen molar-refractivity contribution in [2.45, 2.75) is 320 Å². The third-order valence-corrected chi connectivity index (χ3v) is 21.5. The Kier molecular flexibility index (Phi) is 44.3. The molecule has 7 rings (SSSR count). The van der Waals surface area contributed by atoms with Gasteiger partial charge >= 0.3 is 17.9 Å². The normalized spacial score (nSPS) is 40.0. The van der Waals surface area contributed by atoms with E-state index in [0.717, 1.165) is 20.8 Å². The summed E-state index contributed by atoms with van der Waals surface area (Å²) in [5.74, 6) is -17.1. The highest BCUT2D eigenvalue weighted by Gasteiger charge is 2.64. The van der Waals surface area contributed by atoms with Crippen LogP contribution in [0.2, 0.25) is 0 Å². The summed E-state index contributed by atoms with van der Waals surface area (Å²) in [6, 6.07) is -4.61. The predicted molar refractivity (Wildman–Crippen MR) is 393 cm³/mol. The summed E-state index contributed by atoms with van der Waals surface area (Å²) in [6.07, 6.45) is -83.0. The van der Waals surface area contributed by atoms with Gasteiger partial charge in [0.1, 0.15) is 201 Å². The Labute approximate surface area is 726 Å². The minimum atomic E-state index is -3.07. The van der Waals surface area contributed by atoms with Crippen molar-refractivity contribution in [1.29, 1.82) is 0 Å². The van der Waals surface area contributed by atoms with Gasteiger partial charge in [0, 0.05) is 40.0 Å². The topological polar surface area (TPSA) is 1020 Å². The second kappa shape index (κ2) is 50.2. The molecular weight excluding hydrogens is 1780 g/mol. The molecule has 3 amide bonds. The Morgan fingerprint density at radius 1 is 0.372 bits per heavy atom. The molecule has 6 unspecified atom stereocenters. The van der Waals surface area contributed by atoms with Gasteiger partial charge in [-0.2, -0.15) is 0 Å². The number of carbonyl (C=O) groups is 8. The van der Waals surface area contributed by atoms with Crippen LogP contribution in [0.4, 0.5) is 0 Å². The molecule has 46 atom stereocenters. The average molecular weight is 1900 g/mol. The third kappa shape index (κ3) is 27.4. The maximum Gasteiger partial charge on any atom is 0.364 e. The van der Waals surface area contributed by atoms with Crippen molar-refractivity contribution in [1.82, 2.24) is 16.0 Å². The number of hydrogen-bond donors (Lipinski definition) is 39. The number of aliphatic hydroxyl groups excluding tert-OH is 33. The number of amides is 3. The molecule has 7 aliphatic heterocycles. The molecule has 0 bridgehead atoms. The van der Waals surface area contributed by atoms with Crippen molar-refractivity contribution >= 4 is 48.2 Å². The number of nitrogens with one attached hydrogen (secondary N) is 3. The van der Waals surface area contributed by atoms with Crippen molar-refractivity contribution < 1.29 is 284 Å². The van der Waals surface area contributed by atoms with Gasteiger partial charge in [-0.25, -0.2) is 14.4 Å². The average Bonchev–Trinajstić information content (AvgIpc) is 0.746. The van der Waals surface area contributed by atoms with Crippen LogP contribution < -0.4 is 16.0 Å². The van der Waals surface area contributed by atoms with E-state index in [2.05, 4.69) is 16.0 Å². The van der Waals surface area contributed by atoms with Crippen LogP contribution >= 0.6 is 0 Å². The highest BCUT2D eigenvalue weighted by molar-refractivity contribution is 5.78. The molecule has 7 heterocycles. The highest BCUT2D eigenvalue weighted by atomic mass is 16.8. The molecule has 39 N–H and O–H groups in total. The number of carboxylic acid groups (broad SMARTS) is 3. The molecule has 7 saturated heterocycles. The SMILES string of the molecule is CC(=O)N[C@H]1C([C@H](O)[C@H](O)CO)O[C@@](O[C@@H]2C(O)[C@H](O[C@@H]3C(CO)OC(O)C(O)[C@H]3O)OC(CO)[C@@H]2O)(C(=O)O)C[C@H]1O.CC(=O)N[C@H]1[C@H]([C@H](O)[C@H](O)CO)O[C@@](OC[C@H]2O[C@@H](O[C@@H]([C@H](O)[C@@H](O)C=O)[C@H](O)CO)[C@H](O)[C@@H](O)[C@H]2O)(C(=O)O)C[C@@H]1O.CC(=O)N[C@H]1[C@H]([C@H](O)[C@H](O)CO)O[C@@](O[C@H]2[C@@H](O)[C@@H](CO)O[C@@H](O[C@@H]([C@H](O)[C@@H](O)C=O)[C@H](O)CO)[C@@H]2O)(C(=O)O)C[C@@H]1O. The number of ether oxygens (including phenoxy) is 13. The fourth-order valence-corrected chi connectivity index (χ4v) is 14.5. The monoisotopic (exact) mass is 1900 g/mol. The number of aldehydes is 2. The summed E-state index contributed by atoms with van der Waals surface area (Å²) in [4.78, 5) is 94.3. The third-order valence-electron chi connectivity index (χ3n) is 21.5. The first-order valence-electron chi connectivity index (χ1n) is 39.2. The Balaban J connectivity index is 0.000000343. The molecule has 60 nitrogen and oxygen atoms in total. The summed E-state index contributed by atoms with van der Waals surface area (Å²) in [7, 11) is 0. The van der Waals surface area contributed by atoms with Crippen LogP contribution in [0.1, 0.15) is 40.0 Å². The van der Waals surface area contributed by atoms with E-state index in [0.29, 0.717) is 0 Å². The van der Waals surface area contributed by atoms with Gasteiger partial charge in [0.2, 0.25) is 17.7 Å². The number of rotatable bonds is 41. The lowest BCUT2D eigenvalue weighted by molar-refractivity contribution is -0.385. The highest BCUT2D eigenvalue weighted by Crippen LogP contribution is 2.42. The fourth-order valence-electron chi connectivity index (χ4n) is 14.5.